The normalized spacial score (nSPS) is 18.1. The molecule has 0 spiro atoms. The first-order valence-corrected chi connectivity index (χ1v) is 13.1. The van der Waals surface area contributed by atoms with Gasteiger partial charge in [0.05, 0.1) is 6.04 Å². The molecule has 2 aliphatic rings. The number of hydrogen-bond donors (Lipinski definition) is 1. The lowest BCUT2D eigenvalue weighted by Crippen LogP contribution is -2.49. The summed E-state index contributed by atoms with van der Waals surface area (Å²) in [6, 6.07) is 12.7. The largest absolute Gasteiger partial charge is 0.369 e. The van der Waals surface area contributed by atoms with Crippen molar-refractivity contribution in [2.24, 2.45) is 0 Å². The van der Waals surface area contributed by atoms with Gasteiger partial charge in [-0.1, -0.05) is 18.9 Å². The van der Waals surface area contributed by atoms with Gasteiger partial charge in [0.25, 0.3) is 5.56 Å². The molecule has 8 nitrogen and oxygen atoms in total. The summed E-state index contributed by atoms with van der Waals surface area (Å²) in [5, 5.41) is 14.0. The van der Waals surface area contributed by atoms with Crippen molar-refractivity contribution in [2.45, 2.75) is 51.6 Å². The van der Waals surface area contributed by atoms with E-state index in [-0.39, 0.29) is 23.5 Å². The maximum absolute atomic E-state index is 13.6. The summed E-state index contributed by atoms with van der Waals surface area (Å²) in [6.45, 7) is 7.09. The van der Waals surface area contributed by atoms with E-state index in [0.29, 0.717) is 5.56 Å². The van der Waals surface area contributed by atoms with Gasteiger partial charge in [-0.05, 0) is 84.6 Å². The molecule has 2 aromatic carbocycles. The van der Waals surface area contributed by atoms with Crippen LogP contribution in [0.5, 0.6) is 0 Å². The van der Waals surface area contributed by atoms with Crippen LogP contribution in [0.25, 0.3) is 10.9 Å². The summed E-state index contributed by atoms with van der Waals surface area (Å²) in [7, 11) is 0. The van der Waals surface area contributed by atoms with Crippen LogP contribution in [-0.2, 0) is 0 Å². The van der Waals surface area contributed by atoms with Gasteiger partial charge in [-0.25, -0.2) is 9.07 Å². The van der Waals surface area contributed by atoms with Gasteiger partial charge >= 0.3 is 0 Å². The summed E-state index contributed by atoms with van der Waals surface area (Å²) in [5.41, 5.74) is 4.66. The number of pyridine rings is 1. The molecule has 0 amide bonds. The molecule has 1 N–H and O–H groups in total. The summed E-state index contributed by atoms with van der Waals surface area (Å²) in [5.74, 6) is 0.499. The van der Waals surface area contributed by atoms with Gasteiger partial charge in [-0.15, -0.1) is 5.10 Å². The third-order valence-electron chi connectivity index (χ3n) is 7.94. The number of aryl methyl sites for hydroxylation is 2. The number of nitrogens with one attached hydrogen (secondary N) is 1. The minimum Gasteiger partial charge on any atom is -0.369 e. The molecule has 6 rings (SSSR count). The number of aromatic amines is 1. The molecule has 1 unspecified atom stereocenters. The molecule has 3 heterocycles. The SMILES string of the molecule is Cc1cc(C)c2cc(C(c3nnnn3C3CCCC3)N3CCN(c4ccc(F)cc4)CC3)c(=O)[nH]c2c1. The molecule has 2 fully saturated rings. The summed E-state index contributed by atoms with van der Waals surface area (Å²) in [6.07, 6.45) is 4.44. The topological polar surface area (TPSA) is 82.9 Å². The van der Waals surface area contributed by atoms with Gasteiger partial charge in [0.2, 0.25) is 0 Å². The molecular weight excluding hydrogens is 469 g/mol. The number of hydrogen-bond acceptors (Lipinski definition) is 6. The predicted molar refractivity (Wildman–Crippen MR) is 141 cm³/mol. The van der Waals surface area contributed by atoms with Crippen LogP contribution in [0.15, 0.2) is 47.3 Å². The number of piperazine rings is 1. The van der Waals surface area contributed by atoms with E-state index in [1.807, 2.05) is 35.9 Å². The van der Waals surface area contributed by atoms with E-state index in [1.165, 1.54) is 25.0 Å². The number of fused-ring (bicyclic) bond motifs is 1. The lowest BCUT2D eigenvalue weighted by molar-refractivity contribution is 0.197. The van der Waals surface area contributed by atoms with Crippen molar-refractivity contribution >= 4 is 16.6 Å². The van der Waals surface area contributed by atoms with E-state index in [4.69, 9.17) is 0 Å². The Hall–Kier alpha value is -3.59. The highest BCUT2D eigenvalue weighted by molar-refractivity contribution is 5.83. The predicted octanol–water partition coefficient (Wildman–Crippen LogP) is 4.30. The molecule has 9 heteroatoms. The van der Waals surface area contributed by atoms with Gasteiger partial charge in [0.15, 0.2) is 5.82 Å². The second kappa shape index (κ2) is 9.70. The van der Waals surface area contributed by atoms with Gasteiger partial charge in [0.1, 0.15) is 11.9 Å². The molecule has 0 bridgehead atoms. The number of aromatic nitrogens is 5. The first kappa shape index (κ1) is 23.8. The van der Waals surface area contributed by atoms with Crippen LogP contribution in [0.1, 0.15) is 60.3 Å². The van der Waals surface area contributed by atoms with E-state index in [9.17, 15) is 9.18 Å². The van der Waals surface area contributed by atoms with Crippen molar-refractivity contribution < 1.29 is 4.39 Å². The Morgan fingerprint density at radius 1 is 1.00 bits per heavy atom. The number of benzene rings is 2. The summed E-state index contributed by atoms with van der Waals surface area (Å²) < 4.78 is 15.4. The fourth-order valence-electron chi connectivity index (χ4n) is 6.07. The third kappa shape index (κ3) is 4.52. The van der Waals surface area contributed by atoms with Gasteiger partial charge in [0, 0.05) is 48.3 Å². The molecule has 2 aromatic heterocycles. The zero-order valence-corrected chi connectivity index (χ0v) is 21.3. The van der Waals surface area contributed by atoms with Crippen molar-refractivity contribution in [3.8, 4) is 0 Å². The number of halogens is 1. The number of tetrazole rings is 1. The van der Waals surface area contributed by atoms with Crippen LogP contribution < -0.4 is 10.5 Å². The van der Waals surface area contributed by atoms with E-state index >= 15 is 0 Å². The van der Waals surface area contributed by atoms with Crippen molar-refractivity contribution in [1.82, 2.24) is 30.1 Å². The highest BCUT2D eigenvalue weighted by Crippen LogP contribution is 2.34. The Bertz CT molecular complexity index is 1460. The van der Waals surface area contributed by atoms with Crippen LogP contribution in [-0.4, -0.2) is 56.3 Å². The number of H-pyrrole nitrogens is 1. The highest BCUT2D eigenvalue weighted by atomic mass is 19.1. The third-order valence-corrected chi connectivity index (χ3v) is 7.94. The minimum absolute atomic E-state index is 0.107. The second-order valence-corrected chi connectivity index (χ2v) is 10.4. The van der Waals surface area contributed by atoms with E-state index in [0.717, 1.165) is 72.6 Å². The number of nitrogens with zero attached hydrogens (tertiary/aromatic N) is 6. The Balaban J connectivity index is 1.40. The molecule has 192 valence electrons. The highest BCUT2D eigenvalue weighted by Gasteiger charge is 2.35. The van der Waals surface area contributed by atoms with Gasteiger partial charge in [-0.3, -0.25) is 9.69 Å². The second-order valence-electron chi connectivity index (χ2n) is 10.4. The summed E-state index contributed by atoms with van der Waals surface area (Å²) in [4.78, 5) is 21.3. The number of anilines is 1. The Morgan fingerprint density at radius 3 is 2.46 bits per heavy atom. The van der Waals surface area contributed by atoms with Crippen LogP contribution in [0.3, 0.4) is 0 Å². The Kier molecular flexibility index (Phi) is 6.24. The fourth-order valence-corrected chi connectivity index (χ4v) is 6.07. The average Bonchev–Trinajstić information content (AvgIpc) is 3.58. The molecule has 4 aromatic rings. The standard InChI is InChI=1S/C28H32FN7O/c1-18-15-19(2)23-17-24(28(37)30-25(23)16-18)26(27-31-32-33-36(27)22-5-3-4-6-22)35-13-11-34(12-14-35)21-9-7-20(29)8-10-21/h7-10,15-17,22,26H,3-6,11-14H2,1-2H3,(H,30,37). The quantitative estimate of drug-likeness (QED) is 0.439. The monoisotopic (exact) mass is 501 g/mol. The molecule has 1 saturated carbocycles. The van der Waals surface area contributed by atoms with E-state index < -0.39 is 0 Å². The first-order valence-electron chi connectivity index (χ1n) is 13.1. The molecule has 0 radical (unpaired) electrons. The molecule has 37 heavy (non-hydrogen) atoms. The molecule has 1 atom stereocenters. The zero-order chi connectivity index (χ0) is 25.5. The van der Waals surface area contributed by atoms with E-state index in [1.54, 1.807) is 0 Å². The van der Waals surface area contributed by atoms with Crippen LogP contribution in [0, 0.1) is 19.7 Å². The fraction of sp³-hybridized carbons (Fsp3) is 0.429. The lowest BCUT2D eigenvalue weighted by Gasteiger charge is -2.39. The van der Waals surface area contributed by atoms with Crippen LogP contribution in [0.2, 0.25) is 0 Å². The maximum atomic E-state index is 13.6. The first-order chi connectivity index (χ1) is 18.0. The lowest BCUT2D eigenvalue weighted by atomic mass is 9.99. The van der Waals surface area contributed by atoms with Crippen LogP contribution in [0.4, 0.5) is 10.1 Å². The smallest absolute Gasteiger partial charge is 0.253 e. The molecular formula is C28H32FN7O. The minimum atomic E-state index is -0.361. The Morgan fingerprint density at radius 2 is 1.73 bits per heavy atom. The van der Waals surface area contributed by atoms with Crippen molar-refractivity contribution in [1.29, 1.82) is 0 Å². The molecule has 1 aliphatic heterocycles. The van der Waals surface area contributed by atoms with Crippen molar-refractivity contribution in [3.63, 3.8) is 0 Å². The van der Waals surface area contributed by atoms with Gasteiger partial charge in [-0.2, -0.15) is 0 Å². The summed E-state index contributed by atoms with van der Waals surface area (Å²) >= 11 is 0. The molecule has 1 saturated heterocycles. The van der Waals surface area contributed by atoms with Crippen LogP contribution >= 0.6 is 0 Å². The average molecular weight is 502 g/mol. The number of rotatable bonds is 5. The van der Waals surface area contributed by atoms with Gasteiger partial charge < -0.3 is 9.88 Å². The van der Waals surface area contributed by atoms with E-state index in [2.05, 4.69) is 43.3 Å². The zero-order valence-electron chi connectivity index (χ0n) is 21.3. The maximum Gasteiger partial charge on any atom is 0.253 e. The van der Waals surface area contributed by atoms with Crippen molar-refractivity contribution in [2.75, 3.05) is 31.1 Å². The van der Waals surface area contributed by atoms with Crippen molar-refractivity contribution in [3.05, 3.63) is 81.2 Å². The Labute approximate surface area is 215 Å². The molecule has 1 aliphatic carbocycles.